The molecule has 1 saturated carbocycles. The quantitative estimate of drug-likeness (QED) is 0.811. The number of carbonyl (C=O) groups is 2. The molecule has 1 aliphatic carbocycles. The standard InChI is InChI=1S/C14H23N3O2S/c18-13-9-16(6-5-15-13)11-7-17(8-11)14(19)10-20-12-3-1-2-4-12/h11-12H,1-10H2,(H,15,18). The molecule has 0 radical (unpaired) electrons. The van der Waals surface area contributed by atoms with Crippen LogP contribution in [0.3, 0.4) is 0 Å². The Kier molecular flexibility index (Phi) is 4.51. The van der Waals surface area contributed by atoms with Gasteiger partial charge in [-0.3, -0.25) is 14.5 Å². The van der Waals surface area contributed by atoms with Crippen molar-refractivity contribution in [3.05, 3.63) is 0 Å². The van der Waals surface area contributed by atoms with E-state index in [0.717, 1.165) is 26.2 Å². The summed E-state index contributed by atoms with van der Waals surface area (Å²) in [5, 5.41) is 3.55. The first-order chi connectivity index (χ1) is 9.72. The van der Waals surface area contributed by atoms with Gasteiger partial charge >= 0.3 is 0 Å². The minimum Gasteiger partial charge on any atom is -0.354 e. The third-order valence-electron chi connectivity index (χ3n) is 4.54. The summed E-state index contributed by atoms with van der Waals surface area (Å²) in [6.07, 6.45) is 5.22. The lowest BCUT2D eigenvalue weighted by Crippen LogP contribution is -2.65. The van der Waals surface area contributed by atoms with Crippen molar-refractivity contribution >= 4 is 23.6 Å². The maximum Gasteiger partial charge on any atom is 0.234 e. The summed E-state index contributed by atoms with van der Waals surface area (Å²) in [6, 6.07) is 0.390. The van der Waals surface area contributed by atoms with Crippen molar-refractivity contribution in [2.75, 3.05) is 38.5 Å². The van der Waals surface area contributed by atoms with E-state index in [9.17, 15) is 9.59 Å². The van der Waals surface area contributed by atoms with Gasteiger partial charge in [0.05, 0.1) is 12.3 Å². The van der Waals surface area contributed by atoms with Crippen LogP contribution in [-0.4, -0.2) is 71.4 Å². The van der Waals surface area contributed by atoms with Crippen molar-refractivity contribution < 1.29 is 9.59 Å². The third-order valence-corrected chi connectivity index (χ3v) is 5.90. The SMILES string of the molecule is O=C1CN(C2CN(C(=O)CSC3CCCC3)C2)CCN1. The van der Waals surface area contributed by atoms with E-state index in [1.54, 1.807) is 0 Å². The van der Waals surface area contributed by atoms with Crippen LogP contribution in [0.4, 0.5) is 0 Å². The molecule has 0 bridgehead atoms. The second-order valence-corrected chi connectivity index (χ2v) is 7.28. The van der Waals surface area contributed by atoms with E-state index < -0.39 is 0 Å². The highest BCUT2D eigenvalue weighted by atomic mass is 32.2. The topological polar surface area (TPSA) is 52.7 Å². The van der Waals surface area contributed by atoms with E-state index in [2.05, 4.69) is 10.2 Å². The van der Waals surface area contributed by atoms with Gasteiger partial charge in [-0.05, 0) is 12.8 Å². The van der Waals surface area contributed by atoms with Gasteiger partial charge in [-0.25, -0.2) is 0 Å². The molecular formula is C14H23N3O2S. The van der Waals surface area contributed by atoms with E-state index in [-0.39, 0.29) is 11.8 Å². The van der Waals surface area contributed by atoms with Crippen molar-refractivity contribution in [1.82, 2.24) is 15.1 Å². The molecule has 2 saturated heterocycles. The van der Waals surface area contributed by atoms with E-state index in [1.807, 2.05) is 16.7 Å². The summed E-state index contributed by atoms with van der Waals surface area (Å²) in [6.45, 7) is 3.74. The molecule has 0 aromatic carbocycles. The van der Waals surface area contributed by atoms with Gasteiger partial charge in [0, 0.05) is 37.5 Å². The van der Waals surface area contributed by atoms with E-state index in [0.29, 0.717) is 23.6 Å². The Morgan fingerprint density at radius 3 is 2.75 bits per heavy atom. The molecule has 0 aromatic heterocycles. The van der Waals surface area contributed by atoms with E-state index >= 15 is 0 Å². The van der Waals surface area contributed by atoms with Gasteiger partial charge < -0.3 is 10.2 Å². The fourth-order valence-corrected chi connectivity index (χ4v) is 4.42. The van der Waals surface area contributed by atoms with Gasteiger partial charge in [0.1, 0.15) is 0 Å². The molecular weight excluding hydrogens is 274 g/mol. The van der Waals surface area contributed by atoms with Crippen LogP contribution >= 0.6 is 11.8 Å². The Morgan fingerprint density at radius 1 is 1.30 bits per heavy atom. The molecule has 0 unspecified atom stereocenters. The molecule has 3 rings (SSSR count). The van der Waals surface area contributed by atoms with Crippen molar-refractivity contribution in [3.8, 4) is 0 Å². The summed E-state index contributed by atoms with van der Waals surface area (Å²) in [7, 11) is 0. The molecule has 6 heteroatoms. The number of piperazine rings is 1. The highest BCUT2D eigenvalue weighted by Crippen LogP contribution is 2.30. The predicted molar refractivity (Wildman–Crippen MR) is 79.7 cm³/mol. The maximum absolute atomic E-state index is 12.1. The Labute approximate surface area is 124 Å². The Balaban J connectivity index is 1.36. The summed E-state index contributed by atoms with van der Waals surface area (Å²) >= 11 is 1.84. The maximum atomic E-state index is 12.1. The molecule has 112 valence electrons. The molecule has 2 aliphatic heterocycles. The normalized spacial score (nSPS) is 25.6. The second kappa shape index (κ2) is 6.35. The zero-order chi connectivity index (χ0) is 13.9. The number of thioether (sulfide) groups is 1. The molecule has 20 heavy (non-hydrogen) atoms. The number of carbonyl (C=O) groups excluding carboxylic acids is 2. The van der Waals surface area contributed by atoms with Crippen LogP contribution in [0.2, 0.25) is 0 Å². The fraction of sp³-hybridized carbons (Fsp3) is 0.857. The minimum absolute atomic E-state index is 0.109. The first-order valence-electron chi connectivity index (χ1n) is 7.62. The van der Waals surface area contributed by atoms with Crippen LogP contribution in [0.5, 0.6) is 0 Å². The molecule has 2 heterocycles. The van der Waals surface area contributed by atoms with Gasteiger partial charge in [-0.1, -0.05) is 12.8 Å². The zero-order valence-electron chi connectivity index (χ0n) is 11.8. The predicted octanol–water partition coefficient (Wildman–Crippen LogP) is 0.305. The van der Waals surface area contributed by atoms with Crippen molar-refractivity contribution in [2.24, 2.45) is 0 Å². The molecule has 1 N–H and O–H groups in total. The van der Waals surface area contributed by atoms with Crippen LogP contribution in [0, 0.1) is 0 Å². The molecule has 2 amide bonds. The van der Waals surface area contributed by atoms with Gasteiger partial charge in [-0.2, -0.15) is 0 Å². The summed E-state index contributed by atoms with van der Waals surface area (Å²) in [4.78, 5) is 27.6. The first-order valence-corrected chi connectivity index (χ1v) is 8.67. The third kappa shape index (κ3) is 3.28. The number of nitrogens with one attached hydrogen (secondary N) is 1. The molecule has 3 aliphatic rings. The van der Waals surface area contributed by atoms with Gasteiger partial charge in [0.2, 0.25) is 11.8 Å². The Bertz CT molecular complexity index is 379. The molecule has 3 fully saturated rings. The molecule has 0 atom stereocenters. The summed E-state index contributed by atoms with van der Waals surface area (Å²) in [5.74, 6) is 1.02. The average Bonchev–Trinajstić information content (AvgIpc) is 2.88. The van der Waals surface area contributed by atoms with Crippen molar-refractivity contribution in [2.45, 2.75) is 37.0 Å². The van der Waals surface area contributed by atoms with E-state index in [4.69, 9.17) is 0 Å². The van der Waals surface area contributed by atoms with Crippen LogP contribution in [0.25, 0.3) is 0 Å². The summed E-state index contributed by atoms with van der Waals surface area (Å²) in [5.41, 5.74) is 0. The lowest BCUT2D eigenvalue weighted by molar-refractivity contribution is -0.137. The Morgan fingerprint density at radius 2 is 2.05 bits per heavy atom. The number of likely N-dealkylation sites (tertiary alicyclic amines) is 1. The summed E-state index contributed by atoms with van der Waals surface area (Å²) < 4.78 is 0. The lowest BCUT2D eigenvalue weighted by Gasteiger charge is -2.46. The number of nitrogens with zero attached hydrogens (tertiary/aromatic N) is 2. The average molecular weight is 297 g/mol. The van der Waals surface area contributed by atoms with Crippen LogP contribution in [0.15, 0.2) is 0 Å². The second-order valence-electron chi connectivity index (χ2n) is 5.99. The Hall–Kier alpha value is -0.750. The number of hydrogen-bond acceptors (Lipinski definition) is 4. The van der Waals surface area contributed by atoms with Gasteiger partial charge in [-0.15, -0.1) is 11.8 Å². The van der Waals surface area contributed by atoms with Crippen molar-refractivity contribution in [3.63, 3.8) is 0 Å². The highest BCUT2D eigenvalue weighted by Gasteiger charge is 2.36. The monoisotopic (exact) mass is 297 g/mol. The van der Waals surface area contributed by atoms with Crippen LogP contribution in [0.1, 0.15) is 25.7 Å². The van der Waals surface area contributed by atoms with Crippen LogP contribution < -0.4 is 5.32 Å². The lowest BCUT2D eigenvalue weighted by atomic mass is 10.1. The molecule has 0 spiro atoms. The van der Waals surface area contributed by atoms with Crippen LogP contribution in [-0.2, 0) is 9.59 Å². The number of amides is 2. The number of hydrogen-bond donors (Lipinski definition) is 1. The van der Waals surface area contributed by atoms with E-state index in [1.165, 1.54) is 25.7 Å². The highest BCUT2D eigenvalue weighted by molar-refractivity contribution is 8.00. The number of rotatable bonds is 4. The van der Waals surface area contributed by atoms with Crippen molar-refractivity contribution in [1.29, 1.82) is 0 Å². The molecule has 0 aromatic rings. The smallest absolute Gasteiger partial charge is 0.234 e. The molecule has 5 nitrogen and oxygen atoms in total. The first kappa shape index (κ1) is 14.2. The van der Waals surface area contributed by atoms with Gasteiger partial charge in [0.15, 0.2) is 0 Å². The largest absolute Gasteiger partial charge is 0.354 e. The minimum atomic E-state index is 0.109. The fourth-order valence-electron chi connectivity index (χ4n) is 3.20. The zero-order valence-corrected chi connectivity index (χ0v) is 12.7. The van der Waals surface area contributed by atoms with Gasteiger partial charge in [0.25, 0.3) is 0 Å².